The van der Waals surface area contributed by atoms with E-state index in [0.717, 1.165) is 38.6 Å². The van der Waals surface area contributed by atoms with Crippen molar-refractivity contribution in [2.75, 3.05) is 71.6 Å². The van der Waals surface area contributed by atoms with Crippen molar-refractivity contribution in [2.45, 2.75) is 50.2 Å². The molecule has 13 nitrogen and oxygen atoms in total. The number of fused-ring (bicyclic) bond motifs is 3. The molecule has 0 saturated carbocycles. The van der Waals surface area contributed by atoms with Crippen molar-refractivity contribution in [2.24, 2.45) is 0 Å². The van der Waals surface area contributed by atoms with E-state index in [2.05, 4.69) is 31.5 Å². The minimum absolute atomic E-state index is 0.00618. The van der Waals surface area contributed by atoms with E-state index in [1.54, 1.807) is 7.05 Å². The normalized spacial score (nSPS) is 19.9. The number of esters is 1. The molecular formula is C39H43F3N8O5. The van der Waals surface area contributed by atoms with Crippen molar-refractivity contribution in [1.29, 1.82) is 0 Å². The summed E-state index contributed by atoms with van der Waals surface area (Å²) in [5.41, 5.74) is 2.48. The van der Waals surface area contributed by atoms with Crippen LogP contribution in [0.25, 0.3) is 32.9 Å². The molecule has 290 valence electrons. The second-order valence-electron chi connectivity index (χ2n) is 14.2. The van der Waals surface area contributed by atoms with E-state index in [0.29, 0.717) is 42.6 Å². The molecule has 3 saturated heterocycles. The van der Waals surface area contributed by atoms with Crippen LogP contribution in [0.5, 0.6) is 11.8 Å². The van der Waals surface area contributed by atoms with Crippen molar-refractivity contribution in [3.05, 3.63) is 47.7 Å². The van der Waals surface area contributed by atoms with Gasteiger partial charge in [-0.1, -0.05) is 18.4 Å². The van der Waals surface area contributed by atoms with Crippen molar-refractivity contribution in [3.63, 3.8) is 0 Å². The minimum atomic E-state index is -0.958. The zero-order valence-corrected chi connectivity index (χ0v) is 30.8. The number of amides is 1. The number of likely N-dealkylation sites (N-methyl/N-ethyl adjacent to an activating group) is 2. The first kappa shape index (κ1) is 38.1. The molecule has 0 unspecified atom stereocenters. The molecule has 0 spiro atoms. The summed E-state index contributed by atoms with van der Waals surface area (Å²) in [7, 11) is 3.08. The Morgan fingerprint density at radius 3 is 2.84 bits per heavy atom. The van der Waals surface area contributed by atoms with Crippen molar-refractivity contribution >= 4 is 39.6 Å². The fourth-order valence-corrected chi connectivity index (χ4v) is 7.73. The molecule has 2 aromatic carbocycles. The molecule has 3 aliphatic heterocycles. The Morgan fingerprint density at radius 1 is 1.16 bits per heavy atom. The van der Waals surface area contributed by atoms with Gasteiger partial charge in [0.2, 0.25) is 0 Å². The molecule has 3 fully saturated rings. The van der Waals surface area contributed by atoms with Crippen LogP contribution < -0.4 is 25.2 Å². The third-order valence-corrected chi connectivity index (χ3v) is 10.5. The van der Waals surface area contributed by atoms with Gasteiger partial charge in [0.15, 0.2) is 11.6 Å². The number of pyridine rings is 1. The second kappa shape index (κ2) is 16.2. The number of benzene rings is 2. The third-order valence-electron chi connectivity index (χ3n) is 10.5. The first-order valence-corrected chi connectivity index (χ1v) is 18.5. The van der Waals surface area contributed by atoms with Gasteiger partial charge in [0.25, 0.3) is 0 Å². The Labute approximate surface area is 316 Å². The highest BCUT2D eigenvalue weighted by molar-refractivity contribution is 6.03. The lowest BCUT2D eigenvalue weighted by Gasteiger charge is -2.31. The van der Waals surface area contributed by atoms with E-state index in [-0.39, 0.29) is 65.8 Å². The molecular weight excluding hydrogens is 717 g/mol. The quantitative estimate of drug-likeness (QED) is 0.162. The number of nitrogens with zero attached hydrogens (tertiary/aromatic N) is 6. The van der Waals surface area contributed by atoms with Crippen LogP contribution in [0.1, 0.15) is 44.1 Å². The number of aromatic nitrogens is 3. The van der Waals surface area contributed by atoms with E-state index in [1.807, 2.05) is 5.01 Å². The zero-order chi connectivity index (χ0) is 38.7. The number of terminal acetylenes is 1. The van der Waals surface area contributed by atoms with Gasteiger partial charge in [0.1, 0.15) is 42.2 Å². The lowest BCUT2D eigenvalue weighted by atomic mass is 9.95. The summed E-state index contributed by atoms with van der Waals surface area (Å²) >= 11 is 0. The molecule has 3 aliphatic rings. The van der Waals surface area contributed by atoms with Crippen molar-refractivity contribution < 1.29 is 37.0 Å². The number of hydrogen-bond acceptors (Lipinski definition) is 12. The van der Waals surface area contributed by atoms with Crippen molar-refractivity contribution in [3.8, 4) is 35.4 Å². The van der Waals surface area contributed by atoms with Gasteiger partial charge in [-0.25, -0.2) is 23.4 Å². The van der Waals surface area contributed by atoms with Crippen LogP contribution in [0.2, 0.25) is 0 Å². The summed E-state index contributed by atoms with van der Waals surface area (Å²) in [4.78, 5) is 42.0. The molecule has 2 atom stereocenters. The smallest absolute Gasteiger partial charge is 0.415 e. The average molecular weight is 761 g/mol. The zero-order valence-electron chi connectivity index (χ0n) is 30.8. The van der Waals surface area contributed by atoms with Gasteiger partial charge >= 0.3 is 18.1 Å². The lowest BCUT2D eigenvalue weighted by Crippen LogP contribution is -2.43. The Kier molecular flexibility index (Phi) is 11.2. The average Bonchev–Trinajstić information content (AvgIpc) is 3.55. The Hall–Kier alpha value is -5.24. The molecule has 55 heavy (non-hydrogen) atoms. The number of ether oxygens (including phenoxy) is 3. The van der Waals surface area contributed by atoms with E-state index in [4.69, 9.17) is 25.6 Å². The molecule has 0 aliphatic carbocycles. The Morgan fingerprint density at radius 2 is 2.02 bits per heavy atom. The first-order chi connectivity index (χ1) is 26.6. The predicted molar refractivity (Wildman–Crippen MR) is 199 cm³/mol. The standard InChI is InChI=1S/C39H43F3N8O5/c1-4-27-30(41)10-9-24-17-26(55-38(52)48(3)15-16-53-31(51)21-43-2)18-28(32(24)27)34-33(42)35-29(20-44-34)36(50-14-7-5-6-12-45-50)47-37(46-35)54-23-39-11-8-13-49(39)22-25(40)19-39/h1,9-10,17-18,20,25,43,45H,5-8,11-16,19,21-23H2,2-3H3/t25-,39+/m1/s1. The highest BCUT2D eigenvalue weighted by Crippen LogP contribution is 2.42. The van der Waals surface area contributed by atoms with Gasteiger partial charge in [0, 0.05) is 50.2 Å². The summed E-state index contributed by atoms with van der Waals surface area (Å²) in [5, 5.41) is 5.38. The molecule has 4 aromatic rings. The topological polar surface area (TPSA) is 134 Å². The molecule has 0 radical (unpaired) electrons. The number of rotatable bonds is 11. The summed E-state index contributed by atoms with van der Waals surface area (Å²) in [6.45, 7) is 2.52. The molecule has 2 aromatic heterocycles. The lowest BCUT2D eigenvalue weighted by molar-refractivity contribution is -0.142. The number of hydrazine groups is 1. The first-order valence-electron chi connectivity index (χ1n) is 18.5. The van der Waals surface area contributed by atoms with E-state index in [9.17, 15) is 14.0 Å². The highest BCUT2D eigenvalue weighted by atomic mass is 19.1. The maximum atomic E-state index is 17.2. The second-order valence-corrected chi connectivity index (χ2v) is 14.2. The van der Waals surface area contributed by atoms with Gasteiger partial charge in [-0.3, -0.25) is 19.7 Å². The molecule has 5 heterocycles. The van der Waals surface area contributed by atoms with Crippen molar-refractivity contribution in [1.82, 2.24) is 35.5 Å². The maximum Gasteiger partial charge on any atom is 0.415 e. The monoisotopic (exact) mass is 760 g/mol. The number of halogens is 3. The summed E-state index contributed by atoms with van der Waals surface area (Å²) in [5.74, 6) is 0.717. The molecule has 2 N–H and O–H groups in total. The number of carbonyl (C=O) groups is 2. The Bertz CT molecular complexity index is 2140. The van der Waals surface area contributed by atoms with E-state index < -0.39 is 35.4 Å². The Balaban J connectivity index is 1.29. The maximum absolute atomic E-state index is 17.2. The molecule has 0 bridgehead atoms. The summed E-state index contributed by atoms with van der Waals surface area (Å²) in [6.07, 6.45) is 10.3. The van der Waals surface area contributed by atoms with Gasteiger partial charge < -0.3 is 24.4 Å². The number of hydrogen-bond donors (Lipinski definition) is 2. The fourth-order valence-electron chi connectivity index (χ4n) is 7.73. The van der Waals surface area contributed by atoms with Gasteiger partial charge in [-0.2, -0.15) is 9.97 Å². The summed E-state index contributed by atoms with van der Waals surface area (Å²) < 4.78 is 64.0. The number of nitrogens with one attached hydrogen (secondary N) is 2. The largest absolute Gasteiger partial charge is 0.463 e. The van der Waals surface area contributed by atoms with Crippen LogP contribution in [0.4, 0.5) is 23.8 Å². The van der Waals surface area contributed by atoms with Gasteiger partial charge in [-0.05, 0) is 62.9 Å². The fraction of sp³-hybridized carbons (Fsp3) is 0.462. The van der Waals surface area contributed by atoms with Gasteiger partial charge in [-0.15, -0.1) is 6.42 Å². The van der Waals surface area contributed by atoms with Crippen LogP contribution in [-0.4, -0.2) is 115 Å². The predicted octanol–water partition coefficient (Wildman–Crippen LogP) is 4.75. The highest BCUT2D eigenvalue weighted by Gasteiger charge is 2.49. The van der Waals surface area contributed by atoms with Crippen LogP contribution in [0.15, 0.2) is 30.5 Å². The summed E-state index contributed by atoms with van der Waals surface area (Å²) in [6, 6.07) is 5.42. The van der Waals surface area contributed by atoms with Crippen LogP contribution in [0, 0.1) is 24.0 Å². The third kappa shape index (κ3) is 7.82. The van der Waals surface area contributed by atoms with Crippen LogP contribution in [-0.2, 0) is 9.53 Å². The minimum Gasteiger partial charge on any atom is -0.463 e. The number of alkyl halides is 1. The molecule has 7 rings (SSSR count). The van der Waals surface area contributed by atoms with E-state index in [1.165, 1.54) is 42.4 Å². The number of anilines is 1. The molecule has 1 amide bonds. The SMILES string of the molecule is C#Cc1c(F)ccc2cc(OC(=O)N(C)CCOC(=O)CNC)cc(-c3ncc4c(N5CCCCCN5)nc(OC[C@@]56CCCN5C[C@H](F)C6)nc4c3F)c12. The van der Waals surface area contributed by atoms with Gasteiger partial charge in [0.05, 0.1) is 29.6 Å². The van der Waals surface area contributed by atoms with Crippen LogP contribution >= 0.6 is 0 Å². The van der Waals surface area contributed by atoms with Crippen LogP contribution in [0.3, 0.4) is 0 Å². The molecule has 16 heteroatoms. The number of carbonyl (C=O) groups excluding carboxylic acids is 2. The van der Waals surface area contributed by atoms with E-state index >= 15 is 8.78 Å².